The van der Waals surface area contributed by atoms with Gasteiger partial charge in [0.2, 0.25) is 0 Å². The van der Waals surface area contributed by atoms with Crippen LogP contribution in [0, 0.1) is 5.92 Å². The van der Waals surface area contributed by atoms with Crippen molar-refractivity contribution in [1.82, 2.24) is 10.2 Å². The molecule has 0 saturated heterocycles. The lowest BCUT2D eigenvalue weighted by Gasteiger charge is -2.34. The summed E-state index contributed by atoms with van der Waals surface area (Å²) in [7, 11) is 4.36. The third-order valence-corrected chi connectivity index (χ3v) is 5.26. The molecule has 4 nitrogen and oxygen atoms in total. The molecule has 2 aliphatic carbocycles. The molecule has 0 bridgehead atoms. The first-order valence-corrected chi connectivity index (χ1v) is 8.89. The quantitative estimate of drug-likeness (QED) is 0.406. The van der Waals surface area contributed by atoms with Crippen LogP contribution in [0.5, 0.6) is 0 Å². The highest BCUT2D eigenvalue weighted by atomic mass is 127. The lowest BCUT2D eigenvalue weighted by Crippen LogP contribution is -2.43. The number of halogens is 1. The van der Waals surface area contributed by atoms with E-state index in [1.807, 2.05) is 0 Å². The van der Waals surface area contributed by atoms with E-state index in [1.165, 1.54) is 64.2 Å². The van der Waals surface area contributed by atoms with Crippen molar-refractivity contribution in [3.8, 4) is 0 Å². The number of nitrogens with one attached hydrogen (secondary N) is 1. The minimum Gasteiger partial charge on any atom is -0.370 e. The first-order valence-electron chi connectivity index (χ1n) is 8.89. The van der Waals surface area contributed by atoms with Gasteiger partial charge in [0.05, 0.1) is 6.54 Å². The molecule has 1 unspecified atom stereocenters. The molecule has 1 atom stereocenters. The van der Waals surface area contributed by atoms with E-state index in [9.17, 15) is 0 Å². The predicted octanol–water partition coefficient (Wildman–Crippen LogP) is 3.35. The summed E-state index contributed by atoms with van der Waals surface area (Å²) < 4.78 is 0. The van der Waals surface area contributed by atoms with Crippen molar-refractivity contribution >= 4 is 29.9 Å². The number of rotatable bonds is 5. The van der Waals surface area contributed by atoms with Crippen molar-refractivity contribution in [2.45, 2.75) is 76.3 Å². The Balaban J connectivity index is 0.00000242. The highest BCUT2D eigenvalue weighted by molar-refractivity contribution is 14.0. The highest BCUT2D eigenvalue weighted by Crippen LogP contribution is 2.28. The van der Waals surface area contributed by atoms with Crippen molar-refractivity contribution in [3.05, 3.63) is 0 Å². The van der Waals surface area contributed by atoms with E-state index in [1.54, 1.807) is 0 Å². The fraction of sp³-hybridized carbons (Fsp3) is 0.941. The molecule has 0 aromatic heterocycles. The Morgan fingerprint density at radius 3 is 2.14 bits per heavy atom. The maximum Gasteiger partial charge on any atom is 0.188 e. The second-order valence-corrected chi connectivity index (χ2v) is 7.13. The molecular formula is C17H35IN4. The Morgan fingerprint density at radius 2 is 1.59 bits per heavy atom. The summed E-state index contributed by atoms with van der Waals surface area (Å²) >= 11 is 0. The summed E-state index contributed by atoms with van der Waals surface area (Å²) in [5.74, 6) is 1.45. The predicted molar refractivity (Wildman–Crippen MR) is 106 cm³/mol. The van der Waals surface area contributed by atoms with Gasteiger partial charge in [-0.1, -0.05) is 38.5 Å². The van der Waals surface area contributed by atoms with Crippen molar-refractivity contribution in [3.63, 3.8) is 0 Å². The van der Waals surface area contributed by atoms with Crippen molar-refractivity contribution in [1.29, 1.82) is 0 Å². The SMILES string of the molecule is CN(C)C(CN=C(N)NC1CCCCC1)C1CCCCC1.I. The number of guanidine groups is 1. The Morgan fingerprint density at radius 1 is 1.05 bits per heavy atom. The molecule has 0 aromatic rings. The molecule has 0 radical (unpaired) electrons. The van der Waals surface area contributed by atoms with Crippen LogP contribution in [0.1, 0.15) is 64.2 Å². The highest BCUT2D eigenvalue weighted by Gasteiger charge is 2.25. The molecule has 2 saturated carbocycles. The van der Waals surface area contributed by atoms with Gasteiger partial charge in [-0.05, 0) is 45.7 Å². The lowest BCUT2D eigenvalue weighted by molar-refractivity contribution is 0.176. The van der Waals surface area contributed by atoms with Gasteiger partial charge in [-0.3, -0.25) is 4.99 Å². The van der Waals surface area contributed by atoms with Crippen LogP contribution in [0.4, 0.5) is 0 Å². The number of aliphatic imine (C=N–C) groups is 1. The molecular weight excluding hydrogens is 387 g/mol. The van der Waals surface area contributed by atoms with E-state index >= 15 is 0 Å². The molecule has 2 aliphatic rings. The van der Waals surface area contributed by atoms with Crippen LogP contribution < -0.4 is 11.1 Å². The normalized spacial score (nSPS) is 23.1. The van der Waals surface area contributed by atoms with Gasteiger partial charge in [0.15, 0.2) is 5.96 Å². The van der Waals surface area contributed by atoms with Gasteiger partial charge in [-0.2, -0.15) is 0 Å². The van der Waals surface area contributed by atoms with Gasteiger partial charge in [-0.15, -0.1) is 24.0 Å². The molecule has 5 heteroatoms. The second kappa shape index (κ2) is 10.7. The number of hydrogen-bond acceptors (Lipinski definition) is 2. The summed E-state index contributed by atoms with van der Waals surface area (Å²) in [6, 6.07) is 1.09. The van der Waals surface area contributed by atoms with Gasteiger partial charge in [0.1, 0.15) is 0 Å². The van der Waals surface area contributed by atoms with Crippen LogP contribution in [-0.2, 0) is 0 Å². The molecule has 0 amide bonds. The summed E-state index contributed by atoms with van der Waals surface area (Å²) in [6.07, 6.45) is 13.4. The van der Waals surface area contributed by atoms with E-state index in [0.29, 0.717) is 18.0 Å². The zero-order chi connectivity index (χ0) is 15.1. The lowest BCUT2D eigenvalue weighted by atomic mass is 9.83. The number of nitrogens with zero attached hydrogens (tertiary/aromatic N) is 2. The summed E-state index contributed by atoms with van der Waals surface area (Å²) in [6.45, 7) is 0.837. The van der Waals surface area contributed by atoms with Crippen LogP contribution in [0.15, 0.2) is 4.99 Å². The standard InChI is InChI=1S/C17H34N4.HI/c1-21(2)16(14-9-5-3-6-10-14)13-19-17(18)20-15-11-7-4-8-12-15;/h14-16H,3-13H2,1-2H3,(H3,18,19,20);1H. The van der Waals surface area contributed by atoms with Crippen molar-refractivity contribution < 1.29 is 0 Å². The smallest absolute Gasteiger partial charge is 0.188 e. The minimum absolute atomic E-state index is 0. The van der Waals surface area contributed by atoms with Crippen LogP contribution >= 0.6 is 24.0 Å². The fourth-order valence-electron chi connectivity index (χ4n) is 3.95. The molecule has 0 spiro atoms. The van der Waals surface area contributed by atoms with Crippen LogP contribution in [0.3, 0.4) is 0 Å². The Bertz CT molecular complexity index is 321. The van der Waals surface area contributed by atoms with E-state index in [4.69, 9.17) is 5.73 Å². The summed E-state index contributed by atoms with van der Waals surface area (Å²) in [5.41, 5.74) is 6.10. The molecule has 22 heavy (non-hydrogen) atoms. The third-order valence-electron chi connectivity index (χ3n) is 5.26. The van der Waals surface area contributed by atoms with Crippen LogP contribution in [-0.4, -0.2) is 43.6 Å². The molecule has 130 valence electrons. The molecule has 2 rings (SSSR count). The van der Waals surface area contributed by atoms with E-state index < -0.39 is 0 Å². The van der Waals surface area contributed by atoms with E-state index in [2.05, 4.69) is 29.3 Å². The summed E-state index contributed by atoms with van der Waals surface area (Å²) in [4.78, 5) is 7.00. The van der Waals surface area contributed by atoms with Crippen LogP contribution in [0.2, 0.25) is 0 Å². The Labute approximate surface area is 153 Å². The van der Waals surface area contributed by atoms with Crippen molar-refractivity contribution in [2.75, 3.05) is 20.6 Å². The van der Waals surface area contributed by atoms with Gasteiger partial charge >= 0.3 is 0 Å². The van der Waals surface area contributed by atoms with Gasteiger partial charge in [0, 0.05) is 12.1 Å². The largest absolute Gasteiger partial charge is 0.370 e. The van der Waals surface area contributed by atoms with Crippen molar-refractivity contribution in [2.24, 2.45) is 16.6 Å². The number of hydrogen-bond donors (Lipinski definition) is 2. The van der Waals surface area contributed by atoms with Gasteiger partial charge < -0.3 is 16.0 Å². The number of likely N-dealkylation sites (N-methyl/N-ethyl adjacent to an activating group) is 1. The van der Waals surface area contributed by atoms with E-state index in [0.717, 1.165) is 12.5 Å². The second-order valence-electron chi connectivity index (χ2n) is 7.13. The van der Waals surface area contributed by atoms with Crippen LogP contribution in [0.25, 0.3) is 0 Å². The zero-order valence-corrected chi connectivity index (χ0v) is 16.7. The Hall–Kier alpha value is -0.0400. The molecule has 0 heterocycles. The first kappa shape index (κ1) is 20.0. The maximum atomic E-state index is 6.10. The first-order chi connectivity index (χ1) is 10.2. The average molecular weight is 422 g/mol. The molecule has 0 aromatic carbocycles. The number of nitrogens with two attached hydrogens (primary N) is 1. The average Bonchev–Trinajstić information content (AvgIpc) is 2.49. The molecule has 3 N–H and O–H groups in total. The fourth-order valence-corrected chi connectivity index (χ4v) is 3.95. The van der Waals surface area contributed by atoms with Gasteiger partial charge in [-0.25, -0.2) is 0 Å². The zero-order valence-electron chi connectivity index (χ0n) is 14.4. The third kappa shape index (κ3) is 6.60. The Kier molecular flexibility index (Phi) is 9.71. The van der Waals surface area contributed by atoms with E-state index in [-0.39, 0.29) is 24.0 Å². The molecule has 0 aliphatic heterocycles. The summed E-state index contributed by atoms with van der Waals surface area (Å²) in [5, 5.41) is 3.43. The maximum absolute atomic E-state index is 6.10. The topological polar surface area (TPSA) is 53.6 Å². The monoisotopic (exact) mass is 422 g/mol. The minimum atomic E-state index is 0. The van der Waals surface area contributed by atoms with Gasteiger partial charge in [0.25, 0.3) is 0 Å². The molecule has 2 fully saturated rings.